The van der Waals surface area contributed by atoms with E-state index in [1.807, 2.05) is 24.3 Å². The second-order valence-corrected chi connectivity index (χ2v) is 5.89. The van der Waals surface area contributed by atoms with E-state index in [-0.39, 0.29) is 37.8 Å². The SMILES string of the molecule is O=C(C1CCOc2ccccc21)N1CCC(O)(C(=O)O)CC1. The summed E-state index contributed by atoms with van der Waals surface area (Å²) >= 11 is 0. The second kappa shape index (κ2) is 5.61. The van der Waals surface area contributed by atoms with E-state index in [0.29, 0.717) is 13.0 Å². The Hall–Kier alpha value is -2.08. The van der Waals surface area contributed by atoms with Gasteiger partial charge in [0.25, 0.3) is 0 Å². The first kappa shape index (κ1) is 14.8. The Morgan fingerprint density at radius 1 is 1.23 bits per heavy atom. The van der Waals surface area contributed by atoms with Gasteiger partial charge in [-0.2, -0.15) is 0 Å². The largest absolute Gasteiger partial charge is 0.493 e. The summed E-state index contributed by atoms with van der Waals surface area (Å²) in [6.07, 6.45) is 0.757. The lowest BCUT2D eigenvalue weighted by atomic mass is 9.88. The van der Waals surface area contributed by atoms with Crippen LogP contribution in [-0.2, 0) is 9.59 Å². The first-order valence-corrected chi connectivity index (χ1v) is 7.47. The molecule has 6 nitrogen and oxygen atoms in total. The van der Waals surface area contributed by atoms with Gasteiger partial charge in [-0.1, -0.05) is 18.2 Å². The number of carboxylic acids is 1. The molecule has 3 rings (SSSR count). The number of piperidine rings is 1. The fraction of sp³-hybridized carbons (Fsp3) is 0.500. The summed E-state index contributed by atoms with van der Waals surface area (Å²) in [7, 11) is 0. The summed E-state index contributed by atoms with van der Waals surface area (Å²) < 4.78 is 5.57. The number of rotatable bonds is 2. The molecular formula is C16H19NO5. The number of fused-ring (bicyclic) bond motifs is 1. The van der Waals surface area contributed by atoms with Crippen LogP contribution in [0.4, 0.5) is 0 Å². The third-order valence-corrected chi connectivity index (χ3v) is 4.56. The molecule has 2 N–H and O–H groups in total. The van der Waals surface area contributed by atoms with Crippen molar-refractivity contribution in [1.29, 1.82) is 0 Å². The standard InChI is InChI=1S/C16H19NO5/c18-14(17-8-6-16(21,7-9-17)15(19)20)12-5-10-22-13-4-2-1-3-11(12)13/h1-4,12,21H,5-10H2,(H,19,20). The monoisotopic (exact) mass is 305 g/mol. The topological polar surface area (TPSA) is 87.1 Å². The van der Waals surface area contributed by atoms with Crippen LogP contribution in [0, 0.1) is 0 Å². The molecule has 1 fully saturated rings. The summed E-state index contributed by atoms with van der Waals surface area (Å²) in [5, 5.41) is 19.0. The molecule has 1 amide bonds. The van der Waals surface area contributed by atoms with Crippen LogP contribution in [0.3, 0.4) is 0 Å². The number of aliphatic carboxylic acids is 1. The Balaban J connectivity index is 1.73. The quantitative estimate of drug-likeness (QED) is 0.851. The minimum atomic E-state index is -1.70. The maximum atomic E-state index is 12.7. The van der Waals surface area contributed by atoms with Gasteiger partial charge < -0.3 is 19.8 Å². The van der Waals surface area contributed by atoms with Crippen molar-refractivity contribution in [3.63, 3.8) is 0 Å². The molecule has 2 aliphatic rings. The lowest BCUT2D eigenvalue weighted by Gasteiger charge is -2.37. The van der Waals surface area contributed by atoms with E-state index in [2.05, 4.69) is 0 Å². The number of amides is 1. The number of benzene rings is 1. The van der Waals surface area contributed by atoms with Crippen molar-refractivity contribution >= 4 is 11.9 Å². The van der Waals surface area contributed by atoms with E-state index >= 15 is 0 Å². The molecule has 2 aliphatic heterocycles. The van der Waals surface area contributed by atoms with Gasteiger partial charge in [-0.15, -0.1) is 0 Å². The fourth-order valence-corrected chi connectivity index (χ4v) is 3.13. The van der Waals surface area contributed by atoms with Gasteiger partial charge in [-0.05, 0) is 12.5 Å². The highest BCUT2D eigenvalue weighted by Crippen LogP contribution is 2.35. The number of hydrogen-bond acceptors (Lipinski definition) is 4. The first-order valence-electron chi connectivity index (χ1n) is 7.47. The van der Waals surface area contributed by atoms with Crippen LogP contribution in [0.25, 0.3) is 0 Å². The maximum absolute atomic E-state index is 12.7. The molecule has 22 heavy (non-hydrogen) atoms. The number of carbonyl (C=O) groups is 2. The zero-order valence-electron chi connectivity index (χ0n) is 12.2. The van der Waals surface area contributed by atoms with E-state index in [1.165, 1.54) is 0 Å². The van der Waals surface area contributed by atoms with Crippen molar-refractivity contribution < 1.29 is 24.5 Å². The van der Waals surface area contributed by atoms with Crippen molar-refractivity contribution in [2.45, 2.75) is 30.8 Å². The van der Waals surface area contributed by atoms with Gasteiger partial charge in [0.1, 0.15) is 5.75 Å². The third kappa shape index (κ3) is 2.54. The molecule has 0 radical (unpaired) electrons. The molecule has 6 heteroatoms. The zero-order valence-corrected chi connectivity index (χ0v) is 12.2. The molecule has 0 aliphatic carbocycles. The molecular weight excluding hydrogens is 286 g/mol. The summed E-state index contributed by atoms with van der Waals surface area (Å²) in [4.78, 5) is 25.4. The number of nitrogens with zero attached hydrogens (tertiary/aromatic N) is 1. The van der Waals surface area contributed by atoms with E-state index in [1.54, 1.807) is 4.90 Å². The molecule has 1 saturated heterocycles. The Labute approximate surface area is 128 Å². The van der Waals surface area contributed by atoms with E-state index in [9.17, 15) is 14.7 Å². The number of ether oxygens (including phenoxy) is 1. The van der Waals surface area contributed by atoms with E-state index < -0.39 is 11.6 Å². The summed E-state index contributed by atoms with van der Waals surface area (Å²) in [5.41, 5.74) is -0.817. The molecule has 2 heterocycles. The summed E-state index contributed by atoms with van der Waals surface area (Å²) in [6, 6.07) is 7.51. The van der Waals surface area contributed by atoms with Gasteiger partial charge in [0.2, 0.25) is 5.91 Å². The van der Waals surface area contributed by atoms with Crippen LogP contribution in [-0.4, -0.2) is 52.3 Å². The second-order valence-electron chi connectivity index (χ2n) is 5.89. The smallest absolute Gasteiger partial charge is 0.335 e. The van der Waals surface area contributed by atoms with Crippen LogP contribution in [0.2, 0.25) is 0 Å². The van der Waals surface area contributed by atoms with E-state index in [4.69, 9.17) is 9.84 Å². The molecule has 0 saturated carbocycles. The van der Waals surface area contributed by atoms with Crippen LogP contribution < -0.4 is 4.74 Å². The van der Waals surface area contributed by atoms with Gasteiger partial charge in [-0.25, -0.2) is 4.79 Å². The predicted molar refractivity (Wildman–Crippen MR) is 77.7 cm³/mol. The van der Waals surface area contributed by atoms with Gasteiger partial charge >= 0.3 is 5.97 Å². The molecule has 1 unspecified atom stereocenters. The Morgan fingerprint density at radius 3 is 2.59 bits per heavy atom. The van der Waals surface area contributed by atoms with Gasteiger partial charge in [0, 0.05) is 31.5 Å². The molecule has 118 valence electrons. The molecule has 0 aromatic heterocycles. The molecule has 1 aromatic rings. The third-order valence-electron chi connectivity index (χ3n) is 4.56. The highest BCUT2D eigenvalue weighted by Gasteiger charge is 2.42. The maximum Gasteiger partial charge on any atom is 0.335 e. The van der Waals surface area contributed by atoms with Crippen molar-refractivity contribution in [2.75, 3.05) is 19.7 Å². The molecule has 0 spiro atoms. The van der Waals surface area contributed by atoms with Crippen molar-refractivity contribution in [2.24, 2.45) is 0 Å². The Morgan fingerprint density at radius 2 is 1.91 bits per heavy atom. The first-order chi connectivity index (χ1) is 10.5. The summed E-state index contributed by atoms with van der Waals surface area (Å²) in [6.45, 7) is 1.03. The number of para-hydroxylation sites is 1. The van der Waals surface area contributed by atoms with Crippen LogP contribution in [0.1, 0.15) is 30.7 Å². The Bertz CT molecular complexity index is 592. The number of likely N-dealkylation sites (tertiary alicyclic amines) is 1. The highest BCUT2D eigenvalue weighted by atomic mass is 16.5. The fourth-order valence-electron chi connectivity index (χ4n) is 3.13. The molecule has 1 aromatic carbocycles. The van der Waals surface area contributed by atoms with Crippen LogP contribution in [0.15, 0.2) is 24.3 Å². The van der Waals surface area contributed by atoms with E-state index in [0.717, 1.165) is 11.3 Å². The van der Waals surface area contributed by atoms with Crippen molar-refractivity contribution in [3.05, 3.63) is 29.8 Å². The van der Waals surface area contributed by atoms with Gasteiger partial charge in [0.15, 0.2) is 5.60 Å². The normalized spacial score (nSPS) is 23.3. The van der Waals surface area contributed by atoms with Crippen molar-refractivity contribution in [3.8, 4) is 5.75 Å². The van der Waals surface area contributed by atoms with Crippen molar-refractivity contribution in [1.82, 2.24) is 4.90 Å². The van der Waals surface area contributed by atoms with Gasteiger partial charge in [0.05, 0.1) is 12.5 Å². The molecule has 1 atom stereocenters. The number of carbonyl (C=O) groups excluding carboxylic acids is 1. The van der Waals surface area contributed by atoms with Crippen LogP contribution >= 0.6 is 0 Å². The predicted octanol–water partition coefficient (Wildman–Crippen LogP) is 0.991. The molecule has 0 bridgehead atoms. The van der Waals surface area contributed by atoms with Crippen LogP contribution in [0.5, 0.6) is 5.75 Å². The Kier molecular flexibility index (Phi) is 3.78. The number of carboxylic acid groups (broad SMARTS) is 1. The lowest BCUT2D eigenvalue weighted by Crippen LogP contribution is -2.51. The number of aliphatic hydroxyl groups is 1. The highest BCUT2D eigenvalue weighted by molar-refractivity contribution is 5.85. The number of hydrogen-bond donors (Lipinski definition) is 2. The lowest BCUT2D eigenvalue weighted by molar-refractivity contribution is -0.165. The summed E-state index contributed by atoms with van der Waals surface area (Å²) in [5.74, 6) is -0.730. The average molecular weight is 305 g/mol. The van der Waals surface area contributed by atoms with Gasteiger partial charge in [-0.3, -0.25) is 4.79 Å². The average Bonchev–Trinajstić information content (AvgIpc) is 2.54. The minimum Gasteiger partial charge on any atom is -0.493 e. The zero-order chi connectivity index (χ0) is 15.7. The minimum absolute atomic E-state index is 0.0109.